The van der Waals surface area contributed by atoms with Crippen LogP contribution >= 0.6 is 0 Å². The van der Waals surface area contributed by atoms with Crippen LogP contribution in [0.25, 0.3) is 0 Å². The van der Waals surface area contributed by atoms with E-state index in [-0.39, 0.29) is 9.52 Å². The highest BCUT2D eigenvalue weighted by Crippen LogP contribution is 2.31. The van der Waals surface area contributed by atoms with Crippen molar-refractivity contribution >= 4 is 14.7 Å². The molecule has 0 N–H and O–H groups in total. The van der Waals surface area contributed by atoms with Gasteiger partial charge in [0, 0.05) is 0 Å². The van der Waals surface area contributed by atoms with Gasteiger partial charge in [-0.25, -0.2) is 0 Å². The topological polar surface area (TPSA) is 0 Å². The number of rotatable bonds is 9. The van der Waals surface area contributed by atoms with Crippen LogP contribution in [0.3, 0.4) is 0 Å². The van der Waals surface area contributed by atoms with E-state index < -0.39 is 0 Å². The van der Waals surface area contributed by atoms with Crippen molar-refractivity contribution in [3.05, 3.63) is 51.7 Å². The Bertz CT molecular complexity index is 557. The monoisotopic (exact) mass is 326 g/mol. The molecule has 0 aliphatic heterocycles. The van der Waals surface area contributed by atoms with Gasteiger partial charge in [-0.05, 0) is 51.5 Å². The third-order valence-corrected chi connectivity index (χ3v) is 6.59. The highest BCUT2D eigenvalue weighted by molar-refractivity contribution is 6.61. The second kappa shape index (κ2) is 9.27. The number of aryl methyl sites for hydroxylation is 2. The van der Waals surface area contributed by atoms with Gasteiger partial charge in [-0.15, -0.1) is 0 Å². The van der Waals surface area contributed by atoms with Crippen LogP contribution in [-0.4, -0.2) is 9.52 Å². The number of hydrogen-bond acceptors (Lipinski definition) is 0. The lowest BCUT2D eigenvalue weighted by Crippen LogP contribution is -2.17. The van der Waals surface area contributed by atoms with Gasteiger partial charge in [-0.3, -0.25) is 0 Å². The third kappa shape index (κ3) is 5.80. The van der Waals surface area contributed by atoms with E-state index in [0.717, 1.165) is 0 Å². The van der Waals surface area contributed by atoms with Crippen LogP contribution in [0.15, 0.2) is 40.6 Å². The van der Waals surface area contributed by atoms with E-state index in [2.05, 4.69) is 52.0 Å². The summed E-state index contributed by atoms with van der Waals surface area (Å²) in [5.74, 6) is 0. The Morgan fingerprint density at radius 3 is 2.22 bits per heavy atom. The van der Waals surface area contributed by atoms with E-state index >= 15 is 0 Å². The molecule has 1 heteroatoms. The summed E-state index contributed by atoms with van der Waals surface area (Å²) in [6.07, 6.45) is 13.3. The van der Waals surface area contributed by atoms with Crippen LogP contribution in [0.2, 0.25) is 0 Å². The molecule has 0 spiro atoms. The predicted octanol–water partition coefficient (Wildman–Crippen LogP) is 5.45. The van der Waals surface area contributed by atoms with Crippen LogP contribution in [0.1, 0.15) is 76.3 Å². The molecule has 1 aliphatic carbocycles. The van der Waals surface area contributed by atoms with Gasteiger partial charge in [0.25, 0.3) is 0 Å². The fourth-order valence-corrected chi connectivity index (χ4v) is 5.94. The van der Waals surface area contributed by atoms with Crippen molar-refractivity contribution in [3.8, 4) is 0 Å². The molecular formula is C22H34Si. The molecule has 0 radical (unpaired) electrons. The first kappa shape index (κ1) is 18.3. The van der Waals surface area contributed by atoms with Gasteiger partial charge in [0.05, 0.1) is 9.52 Å². The fourth-order valence-electron chi connectivity index (χ4n) is 3.79. The zero-order valence-corrected chi connectivity index (χ0v) is 17.1. The van der Waals surface area contributed by atoms with Crippen molar-refractivity contribution in [1.82, 2.24) is 0 Å². The van der Waals surface area contributed by atoms with Crippen molar-refractivity contribution in [2.24, 2.45) is 0 Å². The molecule has 2 rings (SSSR count). The first-order valence-corrected chi connectivity index (χ1v) is 11.0. The lowest BCUT2D eigenvalue weighted by molar-refractivity contribution is 0.699. The van der Waals surface area contributed by atoms with Gasteiger partial charge < -0.3 is 0 Å². The van der Waals surface area contributed by atoms with E-state index in [4.69, 9.17) is 0 Å². The lowest BCUT2D eigenvalue weighted by Gasteiger charge is -2.08. The Hall–Kier alpha value is -1.08. The summed E-state index contributed by atoms with van der Waals surface area (Å²) in [6, 6.07) is 7.13. The molecular weight excluding hydrogens is 292 g/mol. The average Bonchev–Trinajstić information content (AvgIpc) is 2.86. The SMILES string of the molecule is CCCCCC1=C(CCCC)C=C([SiH2]c2cc(C)cc(C)c2)C1. The van der Waals surface area contributed by atoms with E-state index in [1.165, 1.54) is 62.5 Å². The first-order valence-electron chi connectivity index (χ1n) is 9.59. The molecule has 0 atom stereocenters. The Morgan fingerprint density at radius 1 is 0.870 bits per heavy atom. The molecule has 0 heterocycles. The quantitative estimate of drug-likeness (QED) is 0.418. The second-order valence-electron chi connectivity index (χ2n) is 7.34. The molecule has 0 saturated heterocycles. The van der Waals surface area contributed by atoms with Crippen molar-refractivity contribution in [2.45, 2.75) is 79.1 Å². The molecule has 0 nitrogen and oxygen atoms in total. The Kier molecular flexibility index (Phi) is 7.36. The summed E-state index contributed by atoms with van der Waals surface area (Å²) in [5.41, 5.74) is 6.33. The molecule has 1 aliphatic rings. The van der Waals surface area contributed by atoms with Gasteiger partial charge in [-0.2, -0.15) is 0 Å². The van der Waals surface area contributed by atoms with E-state index in [1.807, 2.05) is 0 Å². The Labute approximate surface area is 145 Å². The minimum atomic E-state index is -0.274. The summed E-state index contributed by atoms with van der Waals surface area (Å²) >= 11 is 0. The largest absolute Gasteiger partial charge is 0.0828 e. The zero-order valence-electron chi connectivity index (χ0n) is 15.7. The molecule has 0 amide bonds. The summed E-state index contributed by atoms with van der Waals surface area (Å²) < 4.78 is 0. The minimum Gasteiger partial charge on any atom is -0.0783 e. The van der Waals surface area contributed by atoms with Crippen LogP contribution in [0.5, 0.6) is 0 Å². The number of allylic oxidation sites excluding steroid dienone is 4. The van der Waals surface area contributed by atoms with E-state index in [1.54, 1.807) is 21.5 Å². The third-order valence-electron chi connectivity index (χ3n) is 4.87. The Balaban J connectivity index is 2.03. The maximum absolute atomic E-state index is 2.60. The van der Waals surface area contributed by atoms with Gasteiger partial charge >= 0.3 is 0 Å². The van der Waals surface area contributed by atoms with E-state index in [0.29, 0.717) is 0 Å². The molecule has 0 aromatic heterocycles. The van der Waals surface area contributed by atoms with Gasteiger partial charge in [-0.1, -0.05) is 84.5 Å². The molecule has 0 saturated carbocycles. The maximum atomic E-state index is 2.60. The fraction of sp³-hybridized carbons (Fsp3) is 0.545. The molecule has 0 unspecified atom stereocenters. The number of benzene rings is 1. The molecule has 1 aromatic rings. The van der Waals surface area contributed by atoms with Crippen molar-refractivity contribution in [1.29, 1.82) is 0 Å². The van der Waals surface area contributed by atoms with Gasteiger partial charge in [0.15, 0.2) is 0 Å². The molecule has 0 fully saturated rings. The lowest BCUT2D eigenvalue weighted by atomic mass is 10.00. The maximum Gasteiger partial charge on any atom is 0.0828 e. The van der Waals surface area contributed by atoms with Crippen molar-refractivity contribution in [3.63, 3.8) is 0 Å². The standard InChI is InChI=1S/C22H34Si/c1-5-7-9-11-20-16-22(15-19(20)10-8-6-2)23-21-13-17(3)12-18(4)14-21/h12-15H,5-11,16,23H2,1-4H3. The molecule has 126 valence electrons. The van der Waals surface area contributed by atoms with Crippen LogP contribution in [0, 0.1) is 13.8 Å². The predicted molar refractivity (Wildman–Crippen MR) is 107 cm³/mol. The molecule has 23 heavy (non-hydrogen) atoms. The van der Waals surface area contributed by atoms with Crippen LogP contribution in [-0.2, 0) is 0 Å². The van der Waals surface area contributed by atoms with Crippen molar-refractivity contribution < 1.29 is 0 Å². The second-order valence-corrected chi connectivity index (χ2v) is 9.42. The van der Waals surface area contributed by atoms with Gasteiger partial charge in [0.2, 0.25) is 0 Å². The van der Waals surface area contributed by atoms with Crippen molar-refractivity contribution in [2.75, 3.05) is 0 Å². The molecule has 1 aromatic carbocycles. The first-order chi connectivity index (χ1) is 11.1. The number of unbranched alkanes of at least 4 members (excludes halogenated alkanes) is 3. The van der Waals surface area contributed by atoms with Gasteiger partial charge in [0.1, 0.15) is 0 Å². The van der Waals surface area contributed by atoms with Crippen LogP contribution < -0.4 is 5.19 Å². The summed E-state index contributed by atoms with van der Waals surface area (Å²) in [6.45, 7) is 9.07. The van der Waals surface area contributed by atoms with Crippen LogP contribution in [0.4, 0.5) is 0 Å². The normalized spacial score (nSPS) is 15.0. The zero-order chi connectivity index (χ0) is 16.7. The number of hydrogen-bond donors (Lipinski definition) is 0. The highest BCUT2D eigenvalue weighted by atomic mass is 28.2. The minimum absolute atomic E-state index is 0.274. The molecule has 0 bridgehead atoms. The Morgan fingerprint density at radius 2 is 1.57 bits per heavy atom. The smallest absolute Gasteiger partial charge is 0.0783 e. The summed E-state index contributed by atoms with van der Waals surface area (Å²) in [5, 5.41) is 3.39. The van der Waals surface area contributed by atoms with E-state index in [9.17, 15) is 0 Å². The highest BCUT2D eigenvalue weighted by Gasteiger charge is 2.16. The average molecular weight is 327 g/mol. The summed E-state index contributed by atoms with van der Waals surface area (Å²) in [7, 11) is -0.274. The summed E-state index contributed by atoms with van der Waals surface area (Å²) in [4.78, 5) is 0.